The molecular weight excluding hydrogens is 272 g/mol. The number of hydrogen-bond donors (Lipinski definition) is 2. The van der Waals surface area contributed by atoms with E-state index in [1.807, 2.05) is 32.9 Å². The third kappa shape index (κ3) is 2.93. The first-order chi connectivity index (χ1) is 9.29. The zero-order chi connectivity index (χ0) is 14.9. The summed E-state index contributed by atoms with van der Waals surface area (Å²) in [5.74, 6) is 0. The maximum Gasteiger partial charge on any atom is 0.263 e. The highest BCUT2D eigenvalue weighted by Gasteiger charge is 2.18. The minimum atomic E-state index is -3.68. The molecule has 4 nitrogen and oxygen atoms in total. The van der Waals surface area contributed by atoms with E-state index >= 15 is 0 Å². The molecular formula is C15H18N2O2S. The first-order valence-electron chi connectivity index (χ1n) is 6.26. The summed E-state index contributed by atoms with van der Waals surface area (Å²) in [5.41, 5.74) is 9.42. The van der Waals surface area contributed by atoms with Gasteiger partial charge in [0.25, 0.3) is 10.0 Å². The van der Waals surface area contributed by atoms with Gasteiger partial charge in [0.2, 0.25) is 0 Å². The van der Waals surface area contributed by atoms with Crippen molar-refractivity contribution in [3.05, 3.63) is 53.1 Å². The second-order valence-corrected chi connectivity index (χ2v) is 6.62. The van der Waals surface area contributed by atoms with Crippen LogP contribution in [0, 0.1) is 20.8 Å². The summed E-state index contributed by atoms with van der Waals surface area (Å²) in [7, 11) is -3.68. The SMILES string of the molecule is Cc1ccc(S(=O)(=O)Nc2cc(C)ccc2C)c(N)c1. The molecule has 0 spiro atoms. The lowest BCUT2D eigenvalue weighted by molar-refractivity contribution is 0.601. The maximum absolute atomic E-state index is 12.4. The lowest BCUT2D eigenvalue weighted by atomic mass is 10.1. The molecule has 0 unspecified atom stereocenters. The van der Waals surface area contributed by atoms with Crippen LogP contribution in [0.2, 0.25) is 0 Å². The Morgan fingerprint density at radius 2 is 1.55 bits per heavy atom. The predicted molar refractivity (Wildman–Crippen MR) is 82.3 cm³/mol. The summed E-state index contributed by atoms with van der Waals surface area (Å²) in [5, 5.41) is 0. The third-order valence-electron chi connectivity index (χ3n) is 3.09. The summed E-state index contributed by atoms with van der Waals surface area (Å²) in [4.78, 5) is 0.101. The Morgan fingerprint density at radius 1 is 0.950 bits per heavy atom. The Kier molecular flexibility index (Phi) is 3.72. The number of sulfonamides is 1. The van der Waals surface area contributed by atoms with E-state index in [4.69, 9.17) is 5.73 Å². The van der Waals surface area contributed by atoms with Crippen LogP contribution >= 0.6 is 0 Å². The minimum Gasteiger partial charge on any atom is -0.398 e. The zero-order valence-electron chi connectivity index (χ0n) is 11.8. The number of aryl methyl sites for hydroxylation is 3. The summed E-state index contributed by atoms with van der Waals surface area (Å²) < 4.78 is 27.4. The number of rotatable bonds is 3. The molecule has 0 saturated heterocycles. The summed E-state index contributed by atoms with van der Waals surface area (Å²) >= 11 is 0. The molecule has 5 heteroatoms. The van der Waals surface area contributed by atoms with E-state index in [0.717, 1.165) is 16.7 Å². The molecule has 3 N–H and O–H groups in total. The van der Waals surface area contributed by atoms with Crippen LogP contribution in [-0.4, -0.2) is 8.42 Å². The molecule has 20 heavy (non-hydrogen) atoms. The Bertz CT molecular complexity index is 752. The molecule has 0 bridgehead atoms. The fourth-order valence-electron chi connectivity index (χ4n) is 1.96. The van der Waals surface area contributed by atoms with E-state index < -0.39 is 10.0 Å². The summed E-state index contributed by atoms with van der Waals surface area (Å²) in [6.07, 6.45) is 0. The maximum atomic E-state index is 12.4. The molecule has 2 aromatic carbocycles. The van der Waals surface area contributed by atoms with Gasteiger partial charge in [0.1, 0.15) is 4.90 Å². The van der Waals surface area contributed by atoms with Crippen molar-refractivity contribution < 1.29 is 8.42 Å². The summed E-state index contributed by atoms with van der Waals surface area (Å²) in [6, 6.07) is 10.5. The molecule has 0 aliphatic carbocycles. The van der Waals surface area contributed by atoms with Crippen LogP contribution in [0.4, 0.5) is 11.4 Å². The molecule has 0 atom stereocenters. The van der Waals surface area contributed by atoms with Gasteiger partial charge in [-0.15, -0.1) is 0 Å². The van der Waals surface area contributed by atoms with Crippen LogP contribution in [0.25, 0.3) is 0 Å². The molecule has 0 heterocycles. The topological polar surface area (TPSA) is 72.2 Å². The average Bonchev–Trinajstić information content (AvgIpc) is 2.33. The number of anilines is 2. The van der Waals surface area contributed by atoms with Gasteiger partial charge in [-0.2, -0.15) is 0 Å². The van der Waals surface area contributed by atoms with Crippen molar-refractivity contribution >= 4 is 21.4 Å². The van der Waals surface area contributed by atoms with Gasteiger partial charge in [0, 0.05) is 0 Å². The fraction of sp³-hybridized carbons (Fsp3) is 0.200. The first kappa shape index (κ1) is 14.4. The van der Waals surface area contributed by atoms with Crippen molar-refractivity contribution in [3.8, 4) is 0 Å². The first-order valence-corrected chi connectivity index (χ1v) is 7.74. The van der Waals surface area contributed by atoms with E-state index in [1.165, 1.54) is 6.07 Å². The molecule has 0 saturated carbocycles. The van der Waals surface area contributed by atoms with Gasteiger partial charge < -0.3 is 5.73 Å². The van der Waals surface area contributed by atoms with Crippen LogP contribution in [0.3, 0.4) is 0 Å². The molecule has 0 fully saturated rings. The minimum absolute atomic E-state index is 0.101. The molecule has 2 rings (SSSR count). The summed E-state index contributed by atoms with van der Waals surface area (Å²) in [6.45, 7) is 5.64. The Hall–Kier alpha value is -2.01. The van der Waals surface area contributed by atoms with Gasteiger partial charge >= 0.3 is 0 Å². The standard InChI is InChI=1S/C15H18N2O2S/c1-10-5-7-15(13(16)8-10)20(18,19)17-14-9-11(2)4-6-12(14)3/h4-9,17H,16H2,1-3H3. The fourth-order valence-corrected chi connectivity index (χ4v) is 3.19. The van der Waals surface area contributed by atoms with E-state index in [1.54, 1.807) is 18.2 Å². The van der Waals surface area contributed by atoms with Gasteiger partial charge in [-0.25, -0.2) is 8.42 Å². The Balaban J connectivity index is 2.43. The molecule has 0 amide bonds. The normalized spacial score (nSPS) is 11.3. The largest absolute Gasteiger partial charge is 0.398 e. The third-order valence-corrected chi connectivity index (χ3v) is 4.53. The zero-order valence-corrected chi connectivity index (χ0v) is 12.6. The quantitative estimate of drug-likeness (QED) is 0.854. The van der Waals surface area contributed by atoms with Crippen LogP contribution < -0.4 is 10.5 Å². The van der Waals surface area contributed by atoms with Crippen molar-refractivity contribution in [1.82, 2.24) is 0 Å². The number of nitrogens with two attached hydrogens (primary N) is 1. The van der Waals surface area contributed by atoms with Crippen LogP contribution in [0.15, 0.2) is 41.3 Å². The molecule has 2 aromatic rings. The highest BCUT2D eigenvalue weighted by Crippen LogP contribution is 2.24. The van der Waals surface area contributed by atoms with Crippen molar-refractivity contribution in [3.63, 3.8) is 0 Å². The molecule has 0 aromatic heterocycles. The van der Waals surface area contributed by atoms with Crippen molar-refractivity contribution in [2.75, 3.05) is 10.5 Å². The van der Waals surface area contributed by atoms with Gasteiger partial charge in [-0.1, -0.05) is 18.2 Å². The van der Waals surface area contributed by atoms with Crippen molar-refractivity contribution in [2.24, 2.45) is 0 Å². The Labute approximate surface area is 119 Å². The second kappa shape index (κ2) is 5.17. The van der Waals surface area contributed by atoms with E-state index in [-0.39, 0.29) is 10.6 Å². The monoisotopic (exact) mass is 290 g/mol. The van der Waals surface area contributed by atoms with Crippen molar-refractivity contribution in [1.29, 1.82) is 0 Å². The number of hydrogen-bond acceptors (Lipinski definition) is 3. The smallest absolute Gasteiger partial charge is 0.263 e. The molecule has 0 radical (unpaired) electrons. The van der Waals surface area contributed by atoms with E-state index in [2.05, 4.69) is 4.72 Å². The lowest BCUT2D eigenvalue weighted by Gasteiger charge is -2.13. The highest BCUT2D eigenvalue weighted by molar-refractivity contribution is 7.92. The predicted octanol–water partition coefficient (Wildman–Crippen LogP) is 2.99. The highest BCUT2D eigenvalue weighted by atomic mass is 32.2. The van der Waals surface area contributed by atoms with E-state index in [9.17, 15) is 8.42 Å². The van der Waals surface area contributed by atoms with Gasteiger partial charge in [0.15, 0.2) is 0 Å². The van der Waals surface area contributed by atoms with Crippen LogP contribution in [0.5, 0.6) is 0 Å². The molecule has 0 aliphatic heterocycles. The number of nitrogens with one attached hydrogen (secondary N) is 1. The number of nitrogen functional groups attached to an aromatic ring is 1. The van der Waals surface area contributed by atoms with Crippen molar-refractivity contribution in [2.45, 2.75) is 25.7 Å². The van der Waals surface area contributed by atoms with Crippen LogP contribution in [0.1, 0.15) is 16.7 Å². The van der Waals surface area contributed by atoms with Crippen LogP contribution in [-0.2, 0) is 10.0 Å². The van der Waals surface area contributed by atoms with E-state index in [0.29, 0.717) is 5.69 Å². The second-order valence-electron chi connectivity index (χ2n) is 4.97. The molecule has 0 aliphatic rings. The lowest BCUT2D eigenvalue weighted by Crippen LogP contribution is -2.15. The van der Waals surface area contributed by atoms with Gasteiger partial charge in [-0.3, -0.25) is 4.72 Å². The van der Waals surface area contributed by atoms with Gasteiger partial charge in [-0.05, 0) is 55.7 Å². The number of benzene rings is 2. The molecule has 106 valence electrons. The Morgan fingerprint density at radius 3 is 2.20 bits per heavy atom. The van der Waals surface area contributed by atoms with Gasteiger partial charge in [0.05, 0.1) is 11.4 Å². The average molecular weight is 290 g/mol.